The zero-order valence-electron chi connectivity index (χ0n) is 20.7. The first-order valence-corrected chi connectivity index (χ1v) is 12.2. The minimum absolute atomic E-state index is 0.156. The van der Waals surface area contributed by atoms with E-state index in [1.165, 1.54) is 4.90 Å². The highest BCUT2D eigenvalue weighted by Crippen LogP contribution is 2.29. The second-order valence-corrected chi connectivity index (χ2v) is 10.8. The number of ether oxygens (including phenoxy) is 1. The van der Waals surface area contributed by atoms with Gasteiger partial charge in [0.25, 0.3) is 0 Å². The van der Waals surface area contributed by atoms with Crippen LogP contribution in [0.15, 0.2) is 0 Å². The molecule has 0 spiro atoms. The van der Waals surface area contributed by atoms with E-state index in [-0.39, 0.29) is 29.6 Å². The lowest BCUT2D eigenvalue weighted by Crippen LogP contribution is -2.48. The Morgan fingerprint density at radius 2 is 1.67 bits per heavy atom. The third-order valence-electron chi connectivity index (χ3n) is 6.29. The fraction of sp³-hybridized carbons (Fsp3) is 0.833. The number of hydrogen-bond acceptors (Lipinski definition) is 5. The lowest BCUT2D eigenvalue weighted by molar-refractivity contribution is -0.143. The molecule has 0 aromatic heterocycles. The van der Waals surface area contributed by atoms with Crippen LogP contribution in [0.1, 0.15) is 79.6 Å². The number of carboxylic acid groups (broad SMARTS) is 1. The lowest BCUT2D eigenvalue weighted by atomic mass is 9.81. The maximum absolute atomic E-state index is 12.7. The number of nitrogens with zero attached hydrogens (tertiary/aromatic N) is 1. The standard InChI is InChI=1S/C24H41N3O6/c1-15(2)13-18(22(30)31)26-20(28)17-10-8-16(9-11-17)14-25-21(29)19-7-6-12-27(19)23(32)33-24(3,4)5/h15-19H,6-14H2,1-5H3,(H,25,29)(H,26,28)(H,30,31)/t16?,17?,18-,19+/m1/s1. The number of carbonyl (C=O) groups is 4. The Kier molecular flexibility index (Phi) is 9.55. The van der Waals surface area contributed by atoms with Gasteiger partial charge in [0, 0.05) is 19.0 Å². The maximum Gasteiger partial charge on any atom is 0.410 e. The van der Waals surface area contributed by atoms with Gasteiger partial charge in [0.05, 0.1) is 0 Å². The molecule has 2 aliphatic rings. The molecule has 9 nitrogen and oxygen atoms in total. The van der Waals surface area contributed by atoms with E-state index in [1.807, 2.05) is 13.8 Å². The highest BCUT2D eigenvalue weighted by Gasteiger charge is 2.37. The molecule has 2 rings (SSSR count). The van der Waals surface area contributed by atoms with Gasteiger partial charge in [0.2, 0.25) is 11.8 Å². The summed E-state index contributed by atoms with van der Waals surface area (Å²) in [6.45, 7) is 10.3. The summed E-state index contributed by atoms with van der Waals surface area (Å²) in [5.74, 6) is -1.10. The molecule has 0 unspecified atom stereocenters. The zero-order valence-corrected chi connectivity index (χ0v) is 20.7. The number of carboxylic acids is 1. The SMILES string of the molecule is CC(C)C[C@@H](NC(=O)C1CCC(CNC(=O)[C@@H]2CCCN2C(=O)OC(C)(C)C)CC1)C(=O)O. The molecule has 1 heterocycles. The van der Waals surface area contributed by atoms with Crippen molar-refractivity contribution in [2.45, 2.75) is 97.2 Å². The number of amides is 3. The first kappa shape index (κ1) is 26.9. The van der Waals surface area contributed by atoms with Gasteiger partial charge in [0.1, 0.15) is 17.7 Å². The average Bonchev–Trinajstić information content (AvgIpc) is 3.20. The van der Waals surface area contributed by atoms with Crippen LogP contribution in [0.25, 0.3) is 0 Å². The Labute approximate surface area is 197 Å². The van der Waals surface area contributed by atoms with Crippen molar-refractivity contribution < 1.29 is 29.0 Å². The maximum atomic E-state index is 12.7. The van der Waals surface area contributed by atoms with Crippen molar-refractivity contribution in [3.8, 4) is 0 Å². The zero-order chi connectivity index (χ0) is 24.8. The summed E-state index contributed by atoms with van der Waals surface area (Å²) in [6.07, 6.45) is 4.28. The van der Waals surface area contributed by atoms with Crippen molar-refractivity contribution in [2.24, 2.45) is 17.8 Å². The molecule has 0 aromatic carbocycles. The molecule has 2 atom stereocenters. The second-order valence-electron chi connectivity index (χ2n) is 10.8. The minimum Gasteiger partial charge on any atom is -0.480 e. The van der Waals surface area contributed by atoms with Gasteiger partial charge < -0.3 is 20.5 Å². The third-order valence-corrected chi connectivity index (χ3v) is 6.29. The summed E-state index contributed by atoms with van der Waals surface area (Å²) < 4.78 is 5.43. The van der Waals surface area contributed by atoms with Crippen molar-refractivity contribution in [1.29, 1.82) is 0 Å². The summed E-state index contributed by atoms with van der Waals surface area (Å²) >= 11 is 0. The third kappa shape index (κ3) is 8.51. The predicted octanol–water partition coefficient (Wildman–Crippen LogP) is 2.92. The van der Waals surface area contributed by atoms with Gasteiger partial charge in [0.15, 0.2) is 0 Å². The van der Waals surface area contributed by atoms with Crippen LogP contribution in [0.2, 0.25) is 0 Å². The highest BCUT2D eigenvalue weighted by molar-refractivity contribution is 5.86. The summed E-state index contributed by atoms with van der Waals surface area (Å²) in [7, 11) is 0. The first-order chi connectivity index (χ1) is 15.4. The van der Waals surface area contributed by atoms with Gasteiger partial charge in [-0.25, -0.2) is 9.59 Å². The van der Waals surface area contributed by atoms with Crippen LogP contribution in [0.5, 0.6) is 0 Å². The van der Waals surface area contributed by atoms with Gasteiger partial charge in [-0.2, -0.15) is 0 Å². The van der Waals surface area contributed by atoms with Crippen molar-refractivity contribution >= 4 is 23.9 Å². The first-order valence-electron chi connectivity index (χ1n) is 12.2. The molecule has 1 aliphatic heterocycles. The number of nitrogens with one attached hydrogen (secondary N) is 2. The van der Waals surface area contributed by atoms with Crippen LogP contribution >= 0.6 is 0 Å². The van der Waals surface area contributed by atoms with E-state index in [0.717, 1.165) is 19.3 Å². The number of likely N-dealkylation sites (tertiary alicyclic amines) is 1. The molecule has 0 radical (unpaired) electrons. The number of hydrogen-bond donors (Lipinski definition) is 3. The van der Waals surface area contributed by atoms with Crippen molar-refractivity contribution in [3.63, 3.8) is 0 Å². The van der Waals surface area contributed by atoms with E-state index >= 15 is 0 Å². The van der Waals surface area contributed by atoms with Gasteiger partial charge in [-0.1, -0.05) is 13.8 Å². The lowest BCUT2D eigenvalue weighted by Gasteiger charge is -2.30. The highest BCUT2D eigenvalue weighted by atomic mass is 16.6. The Hall–Kier alpha value is -2.32. The second kappa shape index (κ2) is 11.7. The van der Waals surface area contributed by atoms with Crippen LogP contribution in [0.3, 0.4) is 0 Å². The normalized spacial score (nSPS) is 24.3. The largest absolute Gasteiger partial charge is 0.480 e. The Bertz CT molecular complexity index is 709. The Morgan fingerprint density at radius 3 is 2.21 bits per heavy atom. The van der Waals surface area contributed by atoms with E-state index in [0.29, 0.717) is 38.8 Å². The van der Waals surface area contributed by atoms with Crippen molar-refractivity contribution in [1.82, 2.24) is 15.5 Å². The monoisotopic (exact) mass is 467 g/mol. The number of aliphatic carboxylic acids is 1. The van der Waals surface area contributed by atoms with Gasteiger partial charge >= 0.3 is 12.1 Å². The molecule has 33 heavy (non-hydrogen) atoms. The van der Waals surface area contributed by atoms with E-state index in [9.17, 15) is 24.3 Å². The van der Waals surface area contributed by atoms with Gasteiger partial charge in [-0.3, -0.25) is 14.5 Å². The topological polar surface area (TPSA) is 125 Å². The van der Waals surface area contributed by atoms with Crippen LogP contribution in [-0.4, -0.2) is 64.7 Å². The summed E-state index contributed by atoms with van der Waals surface area (Å²) in [6, 6.07) is -1.36. The molecule has 9 heteroatoms. The molecule has 3 amide bonds. The van der Waals surface area contributed by atoms with E-state index in [4.69, 9.17) is 4.74 Å². The van der Waals surface area contributed by atoms with E-state index in [1.54, 1.807) is 20.8 Å². The molecule has 0 bridgehead atoms. The van der Waals surface area contributed by atoms with Crippen LogP contribution in [0, 0.1) is 17.8 Å². The molecule has 1 saturated heterocycles. The molecule has 1 saturated carbocycles. The minimum atomic E-state index is -0.999. The molecular formula is C24H41N3O6. The van der Waals surface area contributed by atoms with Crippen LogP contribution in [-0.2, 0) is 19.1 Å². The summed E-state index contributed by atoms with van der Waals surface area (Å²) in [5, 5.41) is 15.0. The average molecular weight is 468 g/mol. The number of rotatable bonds is 8. The molecule has 0 aromatic rings. The van der Waals surface area contributed by atoms with Crippen molar-refractivity contribution in [2.75, 3.05) is 13.1 Å². The Morgan fingerprint density at radius 1 is 1.03 bits per heavy atom. The molecule has 2 fully saturated rings. The van der Waals surface area contributed by atoms with Crippen LogP contribution < -0.4 is 10.6 Å². The predicted molar refractivity (Wildman–Crippen MR) is 123 cm³/mol. The van der Waals surface area contributed by atoms with E-state index < -0.39 is 29.7 Å². The summed E-state index contributed by atoms with van der Waals surface area (Å²) in [4.78, 5) is 50.6. The molecular weight excluding hydrogens is 426 g/mol. The fourth-order valence-electron chi connectivity index (χ4n) is 4.55. The van der Waals surface area contributed by atoms with Gasteiger partial charge in [-0.15, -0.1) is 0 Å². The fourth-order valence-corrected chi connectivity index (χ4v) is 4.55. The number of carbonyl (C=O) groups excluding carboxylic acids is 3. The van der Waals surface area contributed by atoms with Crippen molar-refractivity contribution in [3.05, 3.63) is 0 Å². The molecule has 188 valence electrons. The van der Waals surface area contributed by atoms with E-state index in [2.05, 4.69) is 10.6 Å². The smallest absolute Gasteiger partial charge is 0.410 e. The van der Waals surface area contributed by atoms with Gasteiger partial charge in [-0.05, 0) is 77.6 Å². The summed E-state index contributed by atoms with van der Waals surface area (Å²) in [5.41, 5.74) is -0.606. The van der Waals surface area contributed by atoms with Crippen LogP contribution in [0.4, 0.5) is 4.79 Å². The molecule has 1 aliphatic carbocycles. The Balaban J connectivity index is 1.77. The molecule has 3 N–H and O–H groups in total. The quantitative estimate of drug-likeness (QED) is 0.504.